The van der Waals surface area contributed by atoms with Crippen LogP contribution >= 0.6 is 11.6 Å². The van der Waals surface area contributed by atoms with E-state index >= 15 is 0 Å². The molecule has 0 bridgehead atoms. The zero-order valence-electron chi connectivity index (χ0n) is 11.4. The minimum atomic E-state index is -0.630. The minimum absolute atomic E-state index is 0.0104. The van der Waals surface area contributed by atoms with Crippen LogP contribution in [0.5, 0.6) is 0 Å². The van der Waals surface area contributed by atoms with Crippen LogP contribution < -0.4 is 0 Å². The van der Waals surface area contributed by atoms with Crippen molar-refractivity contribution >= 4 is 23.2 Å². The number of carbonyl (C=O) groups excluding carboxylic acids is 1. The molecule has 21 heavy (non-hydrogen) atoms. The second kappa shape index (κ2) is 6.82. The Morgan fingerprint density at radius 3 is 3.05 bits per heavy atom. The van der Waals surface area contributed by atoms with Crippen LogP contribution in [0, 0.1) is 10.1 Å². The van der Waals surface area contributed by atoms with Gasteiger partial charge in [-0.3, -0.25) is 14.9 Å². The van der Waals surface area contributed by atoms with E-state index in [1.807, 2.05) is 0 Å². The molecule has 1 N–H and O–H groups in total. The Kier molecular flexibility index (Phi) is 5.08. The molecule has 1 unspecified atom stereocenters. The highest BCUT2D eigenvalue weighted by Gasteiger charge is 2.32. The van der Waals surface area contributed by atoms with Gasteiger partial charge in [0, 0.05) is 19.2 Å². The standard InChI is InChI=1S/C13H16ClN3O4/c14-12-7-10(11(8-15-12)17(20)21)13(19)16-5-1-3-9(16)4-2-6-18/h7-9,18H,1-6H2. The van der Waals surface area contributed by atoms with Crippen molar-refractivity contribution in [3.8, 4) is 0 Å². The number of aliphatic hydroxyl groups is 1. The van der Waals surface area contributed by atoms with Crippen molar-refractivity contribution in [1.29, 1.82) is 0 Å². The molecule has 1 amide bonds. The summed E-state index contributed by atoms with van der Waals surface area (Å²) in [6.45, 7) is 0.631. The van der Waals surface area contributed by atoms with Crippen LogP contribution in [-0.2, 0) is 0 Å². The first-order valence-electron chi connectivity index (χ1n) is 6.76. The van der Waals surface area contributed by atoms with Gasteiger partial charge in [-0.2, -0.15) is 0 Å². The van der Waals surface area contributed by atoms with E-state index in [4.69, 9.17) is 16.7 Å². The van der Waals surface area contributed by atoms with Crippen LogP contribution in [0.25, 0.3) is 0 Å². The van der Waals surface area contributed by atoms with E-state index in [2.05, 4.69) is 4.98 Å². The summed E-state index contributed by atoms with van der Waals surface area (Å²) in [7, 11) is 0. The third kappa shape index (κ3) is 3.48. The summed E-state index contributed by atoms with van der Waals surface area (Å²) >= 11 is 5.75. The van der Waals surface area contributed by atoms with E-state index in [1.54, 1.807) is 4.90 Å². The lowest BCUT2D eigenvalue weighted by molar-refractivity contribution is -0.385. The van der Waals surface area contributed by atoms with Gasteiger partial charge in [-0.15, -0.1) is 0 Å². The number of nitro groups is 1. The molecule has 0 radical (unpaired) electrons. The molecule has 0 saturated carbocycles. The fourth-order valence-corrected chi connectivity index (χ4v) is 2.78. The smallest absolute Gasteiger partial charge is 0.300 e. The van der Waals surface area contributed by atoms with E-state index in [1.165, 1.54) is 6.07 Å². The summed E-state index contributed by atoms with van der Waals surface area (Å²) in [5.41, 5.74) is -0.367. The average molecular weight is 314 g/mol. The predicted octanol–water partition coefficient (Wildman–Crippen LogP) is 2.02. The molecule has 2 heterocycles. The summed E-state index contributed by atoms with van der Waals surface area (Å²) in [6, 6.07) is 1.25. The number of aromatic nitrogens is 1. The fourth-order valence-electron chi connectivity index (χ4n) is 2.62. The highest BCUT2D eigenvalue weighted by Crippen LogP contribution is 2.27. The summed E-state index contributed by atoms with van der Waals surface area (Å²) in [6.07, 6.45) is 4.00. The van der Waals surface area contributed by atoms with Crippen molar-refractivity contribution in [3.05, 3.63) is 33.1 Å². The topological polar surface area (TPSA) is 96.6 Å². The molecule has 2 rings (SSSR count). The van der Waals surface area contributed by atoms with Crippen molar-refractivity contribution < 1.29 is 14.8 Å². The van der Waals surface area contributed by atoms with Crippen LogP contribution in [0.15, 0.2) is 12.3 Å². The number of carbonyl (C=O) groups is 1. The van der Waals surface area contributed by atoms with E-state index < -0.39 is 10.8 Å². The van der Waals surface area contributed by atoms with Crippen LogP contribution in [0.2, 0.25) is 5.15 Å². The summed E-state index contributed by atoms with van der Waals surface area (Å²) in [5, 5.41) is 20.0. The van der Waals surface area contributed by atoms with Crippen molar-refractivity contribution in [2.24, 2.45) is 0 Å². The number of amides is 1. The zero-order valence-corrected chi connectivity index (χ0v) is 12.1. The Morgan fingerprint density at radius 2 is 2.38 bits per heavy atom. The van der Waals surface area contributed by atoms with Gasteiger partial charge in [0.05, 0.1) is 4.92 Å². The lowest BCUT2D eigenvalue weighted by Crippen LogP contribution is -2.36. The number of hydrogen-bond donors (Lipinski definition) is 1. The molecule has 1 fully saturated rings. The van der Waals surface area contributed by atoms with Gasteiger partial charge in [0.15, 0.2) is 0 Å². The molecular weight excluding hydrogens is 298 g/mol. The SMILES string of the molecule is O=C(c1cc(Cl)ncc1[N+](=O)[O-])N1CCCC1CCCO. The monoisotopic (exact) mass is 313 g/mol. The predicted molar refractivity (Wildman–Crippen MR) is 76.3 cm³/mol. The molecule has 7 nitrogen and oxygen atoms in total. The van der Waals surface area contributed by atoms with Crippen LogP contribution in [-0.4, -0.2) is 45.0 Å². The van der Waals surface area contributed by atoms with Gasteiger partial charge in [-0.25, -0.2) is 4.98 Å². The molecule has 1 saturated heterocycles. The maximum Gasteiger partial charge on any atom is 0.300 e. The number of aliphatic hydroxyl groups excluding tert-OH is 1. The fraction of sp³-hybridized carbons (Fsp3) is 0.538. The number of pyridine rings is 1. The largest absolute Gasteiger partial charge is 0.396 e. The first-order chi connectivity index (χ1) is 10.0. The second-order valence-electron chi connectivity index (χ2n) is 4.94. The lowest BCUT2D eigenvalue weighted by atomic mass is 10.1. The van der Waals surface area contributed by atoms with Gasteiger partial charge in [0.1, 0.15) is 16.9 Å². The van der Waals surface area contributed by atoms with Crippen LogP contribution in [0.1, 0.15) is 36.0 Å². The Labute approximate surface area is 126 Å². The number of hydrogen-bond acceptors (Lipinski definition) is 5. The molecule has 0 spiro atoms. The van der Waals surface area contributed by atoms with Crippen LogP contribution in [0.3, 0.4) is 0 Å². The quantitative estimate of drug-likeness (QED) is 0.509. The average Bonchev–Trinajstić information content (AvgIpc) is 2.92. The molecule has 1 aromatic rings. The van der Waals surface area contributed by atoms with Gasteiger partial charge in [-0.05, 0) is 31.7 Å². The summed E-state index contributed by atoms with van der Waals surface area (Å²) in [5.74, 6) is -0.397. The molecule has 1 aliphatic rings. The maximum atomic E-state index is 12.6. The molecule has 1 aromatic heterocycles. The van der Waals surface area contributed by atoms with Gasteiger partial charge in [0.25, 0.3) is 11.6 Å². The summed E-state index contributed by atoms with van der Waals surface area (Å²) in [4.78, 5) is 28.3. The Bertz CT molecular complexity index is 552. The number of rotatable bonds is 5. The summed E-state index contributed by atoms with van der Waals surface area (Å²) < 4.78 is 0. The molecule has 8 heteroatoms. The van der Waals surface area contributed by atoms with Crippen molar-refractivity contribution in [2.45, 2.75) is 31.7 Å². The Balaban J connectivity index is 2.26. The maximum absolute atomic E-state index is 12.6. The number of likely N-dealkylation sites (tertiary alicyclic amines) is 1. The second-order valence-corrected chi connectivity index (χ2v) is 5.33. The normalized spacial score (nSPS) is 18.0. The molecule has 0 aromatic carbocycles. The Hall–Kier alpha value is -1.73. The highest BCUT2D eigenvalue weighted by atomic mass is 35.5. The van der Waals surface area contributed by atoms with Crippen LogP contribution in [0.4, 0.5) is 5.69 Å². The van der Waals surface area contributed by atoms with Gasteiger partial charge >= 0.3 is 0 Å². The van der Waals surface area contributed by atoms with Crippen molar-refractivity contribution in [3.63, 3.8) is 0 Å². The third-order valence-electron chi connectivity index (χ3n) is 3.61. The van der Waals surface area contributed by atoms with Gasteiger partial charge in [0.2, 0.25) is 0 Å². The number of halogens is 1. The van der Waals surface area contributed by atoms with E-state index in [-0.39, 0.29) is 29.1 Å². The first kappa shape index (κ1) is 15.7. The minimum Gasteiger partial charge on any atom is -0.396 e. The van der Waals surface area contributed by atoms with E-state index in [9.17, 15) is 14.9 Å². The van der Waals surface area contributed by atoms with E-state index in [0.717, 1.165) is 19.0 Å². The van der Waals surface area contributed by atoms with Gasteiger partial charge < -0.3 is 10.0 Å². The first-order valence-corrected chi connectivity index (χ1v) is 7.14. The molecule has 1 aliphatic heterocycles. The van der Waals surface area contributed by atoms with Gasteiger partial charge in [-0.1, -0.05) is 11.6 Å². The molecule has 1 atom stereocenters. The third-order valence-corrected chi connectivity index (χ3v) is 3.82. The highest BCUT2D eigenvalue weighted by molar-refractivity contribution is 6.29. The molecular formula is C13H16ClN3O4. The van der Waals surface area contributed by atoms with Crippen molar-refractivity contribution in [2.75, 3.05) is 13.2 Å². The van der Waals surface area contributed by atoms with Crippen molar-refractivity contribution in [1.82, 2.24) is 9.88 Å². The van der Waals surface area contributed by atoms with E-state index in [0.29, 0.717) is 19.4 Å². The molecule has 0 aliphatic carbocycles. The zero-order chi connectivity index (χ0) is 15.4. The number of nitrogens with zero attached hydrogens (tertiary/aromatic N) is 3. The molecule has 114 valence electrons. The lowest BCUT2D eigenvalue weighted by Gasteiger charge is -2.24. The Morgan fingerprint density at radius 1 is 1.62 bits per heavy atom.